The summed E-state index contributed by atoms with van der Waals surface area (Å²) in [7, 11) is 0. The van der Waals surface area contributed by atoms with Gasteiger partial charge in [-0.2, -0.15) is 0 Å². The second kappa shape index (κ2) is 6.76. The number of hydrogen-bond donors (Lipinski definition) is 1. The summed E-state index contributed by atoms with van der Waals surface area (Å²) in [5.41, 5.74) is 6.12. The lowest BCUT2D eigenvalue weighted by Gasteiger charge is -2.42. The van der Waals surface area contributed by atoms with Crippen molar-refractivity contribution in [2.75, 3.05) is 0 Å². The molecule has 6 rings (SSSR count). The van der Waals surface area contributed by atoms with Crippen LogP contribution >= 0.6 is 12.2 Å². The zero-order valence-electron chi connectivity index (χ0n) is 17.5. The summed E-state index contributed by atoms with van der Waals surface area (Å²) in [5.74, 6) is 0.542. The van der Waals surface area contributed by atoms with E-state index in [9.17, 15) is 4.79 Å². The van der Waals surface area contributed by atoms with E-state index in [1.54, 1.807) is 4.57 Å². The van der Waals surface area contributed by atoms with Crippen LogP contribution < -0.4 is 5.56 Å². The lowest BCUT2D eigenvalue weighted by atomic mass is 9.62. The smallest absolute Gasteiger partial charge is 0.263 e. The van der Waals surface area contributed by atoms with Gasteiger partial charge in [-0.3, -0.25) is 9.20 Å². The van der Waals surface area contributed by atoms with Gasteiger partial charge in [0, 0.05) is 16.5 Å². The van der Waals surface area contributed by atoms with Crippen molar-refractivity contribution in [3.8, 4) is 16.9 Å². The molecule has 2 aliphatic rings. The number of benzene rings is 2. The van der Waals surface area contributed by atoms with Crippen LogP contribution in [0, 0.1) is 11.7 Å². The molecule has 2 aliphatic carbocycles. The number of fused-ring (bicyclic) bond motifs is 6. The number of aryl methyl sites for hydroxylation is 1. The van der Waals surface area contributed by atoms with Gasteiger partial charge in [0.25, 0.3) is 5.56 Å². The van der Waals surface area contributed by atoms with Gasteiger partial charge in [0.15, 0.2) is 0 Å². The molecule has 1 saturated carbocycles. The molecule has 156 valence electrons. The summed E-state index contributed by atoms with van der Waals surface area (Å²) in [6.07, 6.45) is 6.53. The van der Waals surface area contributed by atoms with Crippen LogP contribution in [0.3, 0.4) is 0 Å². The molecule has 4 aromatic rings. The molecule has 2 heterocycles. The maximum Gasteiger partial charge on any atom is 0.263 e. The Morgan fingerprint density at radius 2 is 1.77 bits per heavy atom. The molecule has 1 spiro atoms. The minimum absolute atomic E-state index is 0.0387. The Morgan fingerprint density at radius 3 is 2.55 bits per heavy atom. The number of rotatable bonds is 1. The average Bonchev–Trinajstić information content (AvgIpc) is 3.16. The molecule has 0 aliphatic heterocycles. The molecule has 31 heavy (non-hydrogen) atoms. The molecule has 5 nitrogen and oxygen atoms in total. The predicted octanol–water partition coefficient (Wildman–Crippen LogP) is 5.28. The monoisotopic (exact) mass is 428 g/mol. The van der Waals surface area contributed by atoms with E-state index >= 15 is 0 Å². The molecule has 0 saturated heterocycles. The summed E-state index contributed by atoms with van der Waals surface area (Å²) >= 11 is 5.69. The number of H-pyrrole nitrogens is 1. The minimum Gasteiger partial charge on any atom is -0.268 e. The Labute approximate surface area is 185 Å². The highest BCUT2D eigenvalue weighted by molar-refractivity contribution is 7.71. The first kappa shape index (κ1) is 18.8. The van der Waals surface area contributed by atoms with Crippen molar-refractivity contribution in [1.29, 1.82) is 0 Å². The molecule has 0 bridgehead atoms. The number of nitrogens with zero attached hydrogens (tertiary/aromatic N) is 3. The van der Waals surface area contributed by atoms with E-state index in [0.717, 1.165) is 60.2 Å². The number of aromatic nitrogens is 4. The van der Waals surface area contributed by atoms with Gasteiger partial charge in [-0.1, -0.05) is 61.2 Å². The van der Waals surface area contributed by atoms with E-state index in [0.29, 0.717) is 10.5 Å². The molecule has 0 amide bonds. The summed E-state index contributed by atoms with van der Waals surface area (Å²) in [6.45, 7) is 2.05. The average molecular weight is 429 g/mol. The van der Waals surface area contributed by atoms with Gasteiger partial charge in [0.05, 0.1) is 11.4 Å². The van der Waals surface area contributed by atoms with Gasteiger partial charge in [0.1, 0.15) is 0 Å². The molecule has 2 aromatic heterocycles. The van der Waals surface area contributed by atoms with Crippen LogP contribution in [-0.2, 0) is 11.8 Å². The zero-order chi connectivity index (χ0) is 21.2. The maximum absolute atomic E-state index is 14.3. The summed E-state index contributed by atoms with van der Waals surface area (Å²) in [4.78, 5) is 14.3. The quantitative estimate of drug-likeness (QED) is 0.420. The number of nitrogens with one attached hydrogen (secondary N) is 1. The molecule has 0 atom stereocenters. The normalized spacial score (nSPS) is 16.9. The zero-order valence-corrected chi connectivity index (χ0v) is 18.3. The molecule has 6 heteroatoms. The molecule has 1 fully saturated rings. The van der Waals surface area contributed by atoms with Gasteiger partial charge in [-0.15, -0.1) is 5.10 Å². The lowest BCUT2D eigenvalue weighted by Crippen LogP contribution is -2.43. The largest absolute Gasteiger partial charge is 0.268 e. The fourth-order valence-electron chi connectivity index (χ4n) is 5.73. The van der Waals surface area contributed by atoms with Crippen LogP contribution in [-0.4, -0.2) is 19.2 Å². The third-order valence-corrected chi connectivity index (χ3v) is 7.44. The van der Waals surface area contributed by atoms with Gasteiger partial charge >= 0.3 is 0 Å². The van der Waals surface area contributed by atoms with Crippen molar-refractivity contribution in [1.82, 2.24) is 19.2 Å². The summed E-state index contributed by atoms with van der Waals surface area (Å²) in [6, 6.07) is 16.5. The summed E-state index contributed by atoms with van der Waals surface area (Å²) in [5, 5.41) is 7.45. The van der Waals surface area contributed by atoms with Crippen molar-refractivity contribution >= 4 is 18.0 Å². The predicted molar refractivity (Wildman–Crippen MR) is 125 cm³/mol. The Hall–Kier alpha value is -2.99. The van der Waals surface area contributed by atoms with E-state index < -0.39 is 0 Å². The molecular formula is C25H24N4OS. The molecular weight excluding hydrogens is 404 g/mol. The van der Waals surface area contributed by atoms with Crippen molar-refractivity contribution in [3.05, 3.63) is 80.3 Å². The Bertz CT molecular complexity index is 1440. The van der Waals surface area contributed by atoms with E-state index in [-0.39, 0.29) is 11.0 Å². The topological polar surface area (TPSA) is 55.1 Å². The highest BCUT2D eigenvalue weighted by Gasteiger charge is 2.44. The molecule has 2 aromatic carbocycles. The Balaban J connectivity index is 1.80. The van der Waals surface area contributed by atoms with E-state index in [4.69, 9.17) is 12.2 Å². The Kier molecular flexibility index (Phi) is 4.09. The first-order valence-electron chi connectivity index (χ1n) is 11.0. The molecule has 1 N–H and O–H groups in total. The third kappa shape index (κ3) is 2.64. The number of aromatic amines is 1. The lowest BCUT2D eigenvalue weighted by molar-refractivity contribution is 0.284. The first-order valence-corrected chi connectivity index (χ1v) is 11.4. The van der Waals surface area contributed by atoms with Crippen LogP contribution in [0.15, 0.2) is 53.3 Å². The van der Waals surface area contributed by atoms with Crippen molar-refractivity contribution in [3.63, 3.8) is 0 Å². The minimum atomic E-state index is -0.147. The van der Waals surface area contributed by atoms with Crippen molar-refractivity contribution < 1.29 is 0 Å². The van der Waals surface area contributed by atoms with Gasteiger partial charge in [0.2, 0.25) is 10.5 Å². The van der Waals surface area contributed by atoms with Gasteiger partial charge < -0.3 is 0 Å². The summed E-state index contributed by atoms with van der Waals surface area (Å²) < 4.78 is 4.25. The molecule has 0 radical (unpaired) electrons. The van der Waals surface area contributed by atoms with E-state index in [1.165, 1.54) is 12.0 Å². The standard InChI is InChI=1S/C25H24N4OS/c1-16-9-11-18(12-10-16)28-22(30)20-21(29-23(28)26-27-24(29)31)19-8-4-3-7-17(19)15-25(20)13-5-2-6-14-25/h3-4,7-12H,2,5-6,13-15H2,1H3,(H,27,31). The SMILES string of the molecule is Cc1ccc(-n2c(=O)c3c(n4c(=S)[nH]nc24)-c2ccccc2CC32CCCCC2)cc1. The highest BCUT2D eigenvalue weighted by atomic mass is 32.1. The van der Waals surface area contributed by atoms with Crippen molar-refractivity contribution in [2.45, 2.75) is 50.9 Å². The third-order valence-electron chi connectivity index (χ3n) is 7.17. The number of hydrogen-bond acceptors (Lipinski definition) is 3. The van der Waals surface area contributed by atoms with Crippen LogP contribution in [0.1, 0.15) is 48.8 Å². The van der Waals surface area contributed by atoms with Crippen LogP contribution in [0.4, 0.5) is 0 Å². The second-order valence-electron chi connectivity index (χ2n) is 9.04. The fraction of sp³-hybridized carbons (Fsp3) is 0.320. The van der Waals surface area contributed by atoms with Gasteiger partial charge in [-0.05, 0) is 56.1 Å². The van der Waals surface area contributed by atoms with E-state index in [1.807, 2.05) is 41.7 Å². The van der Waals surface area contributed by atoms with Crippen LogP contribution in [0.2, 0.25) is 0 Å². The van der Waals surface area contributed by atoms with Crippen LogP contribution in [0.5, 0.6) is 0 Å². The fourth-order valence-corrected chi connectivity index (χ4v) is 5.95. The first-order chi connectivity index (χ1) is 15.1. The van der Waals surface area contributed by atoms with Crippen molar-refractivity contribution in [2.24, 2.45) is 0 Å². The maximum atomic E-state index is 14.3. The van der Waals surface area contributed by atoms with Gasteiger partial charge in [-0.25, -0.2) is 9.67 Å². The highest BCUT2D eigenvalue weighted by Crippen LogP contribution is 2.49. The van der Waals surface area contributed by atoms with E-state index in [2.05, 4.69) is 28.4 Å². The molecule has 0 unspecified atom stereocenters. The Morgan fingerprint density at radius 1 is 1.03 bits per heavy atom. The second-order valence-corrected chi connectivity index (χ2v) is 9.43. The van der Waals surface area contributed by atoms with Crippen LogP contribution in [0.25, 0.3) is 22.7 Å².